The van der Waals surface area contributed by atoms with Gasteiger partial charge in [-0.2, -0.15) is 0 Å². The number of benzene rings is 1. The molecule has 1 saturated heterocycles. The van der Waals surface area contributed by atoms with Crippen LogP contribution < -0.4 is 16.0 Å². The number of halogens is 3. The molecule has 1 fully saturated rings. The van der Waals surface area contributed by atoms with Crippen LogP contribution in [0.4, 0.5) is 29.5 Å². The van der Waals surface area contributed by atoms with Crippen LogP contribution in [0.25, 0.3) is 0 Å². The Morgan fingerprint density at radius 2 is 1.93 bits per heavy atom. The highest BCUT2D eigenvalue weighted by atomic mass is 19.1. The minimum atomic E-state index is -1.21. The summed E-state index contributed by atoms with van der Waals surface area (Å²) in [7, 11) is 0. The van der Waals surface area contributed by atoms with Crippen LogP contribution in [-0.2, 0) is 11.2 Å². The Morgan fingerprint density at radius 3 is 2.54 bits per heavy atom. The van der Waals surface area contributed by atoms with Gasteiger partial charge < -0.3 is 11.1 Å². The summed E-state index contributed by atoms with van der Waals surface area (Å²) >= 11 is 0. The second-order valence-corrected chi connectivity index (χ2v) is 6.27. The van der Waals surface area contributed by atoms with Crippen molar-refractivity contribution in [2.45, 2.75) is 6.42 Å². The molecule has 7 nitrogen and oxygen atoms in total. The van der Waals surface area contributed by atoms with Crippen LogP contribution in [-0.4, -0.2) is 34.9 Å². The molecule has 3 heterocycles. The van der Waals surface area contributed by atoms with Gasteiger partial charge in [0.1, 0.15) is 23.1 Å². The van der Waals surface area contributed by atoms with E-state index in [1.165, 1.54) is 11.1 Å². The first-order valence-electron chi connectivity index (χ1n) is 8.35. The Balaban J connectivity index is 2.04. The largest absolute Gasteiger partial charge is 0.366 e. The fourth-order valence-corrected chi connectivity index (χ4v) is 3.39. The van der Waals surface area contributed by atoms with Crippen LogP contribution in [0.2, 0.25) is 0 Å². The van der Waals surface area contributed by atoms with Crippen molar-refractivity contribution in [1.29, 1.82) is 0 Å². The number of amides is 3. The number of nitrogens with zero attached hydrogens (tertiary/aromatic N) is 3. The second-order valence-electron chi connectivity index (χ2n) is 6.27. The fraction of sp³-hybridized carbons (Fsp3) is 0.167. The average Bonchev–Trinajstić information content (AvgIpc) is 3.06. The maximum Gasteiger partial charge on any atom is 0.323 e. The molecular weight excluding hydrogens is 375 g/mol. The van der Waals surface area contributed by atoms with Gasteiger partial charge in [-0.1, -0.05) is 6.07 Å². The van der Waals surface area contributed by atoms with Gasteiger partial charge in [-0.05, 0) is 6.07 Å². The molecule has 1 aromatic carbocycles. The van der Waals surface area contributed by atoms with Crippen molar-refractivity contribution in [3.8, 4) is 0 Å². The van der Waals surface area contributed by atoms with Gasteiger partial charge in [0.05, 0.1) is 5.57 Å². The number of fused-ring (bicyclic) bond motifs is 1. The van der Waals surface area contributed by atoms with Gasteiger partial charge in [0, 0.05) is 43.4 Å². The molecule has 144 valence electrons. The zero-order chi connectivity index (χ0) is 20.0. The normalized spacial score (nSPS) is 16.3. The van der Waals surface area contributed by atoms with Gasteiger partial charge in [-0.3, -0.25) is 14.6 Å². The Hall–Kier alpha value is -3.56. The van der Waals surface area contributed by atoms with Crippen molar-refractivity contribution in [2.75, 3.05) is 18.0 Å². The molecule has 0 radical (unpaired) electrons. The summed E-state index contributed by atoms with van der Waals surface area (Å²) in [5, 5.41) is 2.57. The van der Waals surface area contributed by atoms with Gasteiger partial charge in [-0.25, -0.2) is 22.9 Å². The second kappa shape index (κ2) is 6.55. The maximum absolute atomic E-state index is 14.7. The number of carbonyl (C=O) groups is 2. The van der Waals surface area contributed by atoms with Crippen LogP contribution in [0.1, 0.15) is 5.56 Å². The first-order valence-corrected chi connectivity index (χ1v) is 8.35. The predicted octanol–water partition coefficient (Wildman–Crippen LogP) is 1.92. The third kappa shape index (κ3) is 2.73. The maximum atomic E-state index is 14.7. The van der Waals surface area contributed by atoms with Crippen molar-refractivity contribution < 1.29 is 22.8 Å². The topological polar surface area (TPSA) is 91.6 Å². The van der Waals surface area contributed by atoms with E-state index in [1.54, 1.807) is 12.1 Å². The number of aromatic nitrogens is 1. The summed E-state index contributed by atoms with van der Waals surface area (Å²) < 4.78 is 42.8. The first kappa shape index (κ1) is 17.8. The van der Waals surface area contributed by atoms with E-state index < -0.39 is 35.1 Å². The SMILES string of the molecule is NC(=O)C1=C(N2CCNC2=O)N(c2c(F)cc(F)cc2F)c2ncccc2C1. The number of primary amides is 1. The molecule has 0 spiro atoms. The number of nitrogens with one attached hydrogen (secondary N) is 1. The summed E-state index contributed by atoms with van der Waals surface area (Å²) in [4.78, 5) is 30.8. The van der Waals surface area contributed by atoms with Gasteiger partial charge in [0.15, 0.2) is 11.6 Å². The number of nitrogens with two attached hydrogens (primary N) is 1. The van der Waals surface area contributed by atoms with Gasteiger partial charge in [-0.15, -0.1) is 0 Å². The molecule has 2 aliphatic rings. The summed E-state index contributed by atoms with van der Waals surface area (Å²) in [6.07, 6.45) is 1.43. The molecule has 3 N–H and O–H groups in total. The zero-order valence-electron chi connectivity index (χ0n) is 14.4. The number of anilines is 2. The van der Waals surface area contributed by atoms with Crippen molar-refractivity contribution in [3.63, 3.8) is 0 Å². The quantitative estimate of drug-likeness (QED) is 0.839. The van der Waals surface area contributed by atoms with E-state index in [1.807, 2.05) is 0 Å². The lowest BCUT2D eigenvalue weighted by Gasteiger charge is -2.37. The Labute approximate surface area is 157 Å². The minimum absolute atomic E-state index is 0.0133. The van der Waals surface area contributed by atoms with E-state index in [0.717, 1.165) is 4.90 Å². The molecule has 1 aromatic heterocycles. The lowest BCUT2D eigenvalue weighted by molar-refractivity contribution is -0.114. The van der Waals surface area contributed by atoms with Gasteiger partial charge in [0.2, 0.25) is 5.91 Å². The fourth-order valence-electron chi connectivity index (χ4n) is 3.39. The van der Waals surface area contributed by atoms with Crippen LogP contribution >= 0.6 is 0 Å². The standard InChI is InChI=1S/C18H14F3N5O2/c19-10-7-12(20)14(13(21)8-10)26-16-9(2-1-3-23-16)6-11(15(22)27)17(26)25-5-4-24-18(25)28/h1-3,7-8H,4-6H2,(H2,22,27)(H,24,28). The molecule has 2 aromatic rings. The number of carbonyl (C=O) groups excluding carboxylic acids is 2. The van der Waals surface area contributed by atoms with E-state index in [-0.39, 0.29) is 36.7 Å². The molecule has 0 atom stereocenters. The highest BCUT2D eigenvalue weighted by molar-refractivity contribution is 5.97. The number of urea groups is 1. The Kier molecular flexibility index (Phi) is 4.17. The molecule has 10 heteroatoms. The third-order valence-electron chi connectivity index (χ3n) is 4.54. The van der Waals surface area contributed by atoms with E-state index in [9.17, 15) is 22.8 Å². The number of hydrogen-bond donors (Lipinski definition) is 2. The highest BCUT2D eigenvalue weighted by Gasteiger charge is 2.39. The Morgan fingerprint density at radius 1 is 1.21 bits per heavy atom. The number of hydrogen-bond acceptors (Lipinski definition) is 4. The molecule has 0 saturated carbocycles. The van der Waals surface area contributed by atoms with Gasteiger partial charge in [0.25, 0.3) is 0 Å². The number of rotatable bonds is 3. The highest BCUT2D eigenvalue weighted by Crippen LogP contribution is 2.41. The monoisotopic (exact) mass is 389 g/mol. The Bertz CT molecular complexity index is 1020. The van der Waals surface area contributed by atoms with E-state index in [4.69, 9.17) is 5.73 Å². The lowest BCUT2D eigenvalue weighted by Crippen LogP contribution is -2.42. The van der Waals surface area contributed by atoms with Crippen LogP contribution in [0.5, 0.6) is 0 Å². The van der Waals surface area contributed by atoms with Crippen molar-refractivity contribution in [2.24, 2.45) is 5.73 Å². The van der Waals surface area contributed by atoms with E-state index in [2.05, 4.69) is 10.3 Å². The first-order chi connectivity index (χ1) is 13.4. The molecule has 0 aliphatic carbocycles. The molecular formula is C18H14F3N5O2. The van der Waals surface area contributed by atoms with Gasteiger partial charge >= 0.3 is 6.03 Å². The minimum Gasteiger partial charge on any atom is -0.366 e. The molecule has 2 aliphatic heterocycles. The third-order valence-corrected chi connectivity index (χ3v) is 4.54. The summed E-state index contributed by atoms with van der Waals surface area (Å²) in [6, 6.07) is 3.70. The lowest BCUT2D eigenvalue weighted by atomic mass is 9.99. The molecule has 28 heavy (non-hydrogen) atoms. The van der Waals surface area contributed by atoms with Crippen molar-refractivity contribution in [1.82, 2.24) is 15.2 Å². The van der Waals surface area contributed by atoms with Crippen LogP contribution in [0.3, 0.4) is 0 Å². The van der Waals surface area contributed by atoms with Crippen LogP contribution in [0.15, 0.2) is 41.9 Å². The van der Waals surface area contributed by atoms with E-state index in [0.29, 0.717) is 17.7 Å². The molecule has 3 amide bonds. The van der Waals surface area contributed by atoms with E-state index >= 15 is 0 Å². The average molecular weight is 389 g/mol. The summed E-state index contributed by atoms with van der Waals surface area (Å²) in [6.45, 7) is 0.416. The van der Waals surface area contributed by atoms with Crippen molar-refractivity contribution in [3.05, 3.63) is 64.9 Å². The summed E-state index contributed by atoms with van der Waals surface area (Å²) in [5.74, 6) is -4.35. The molecule has 0 bridgehead atoms. The number of pyridine rings is 1. The smallest absolute Gasteiger partial charge is 0.323 e. The zero-order valence-corrected chi connectivity index (χ0v) is 14.4. The molecule has 0 unspecified atom stereocenters. The van der Waals surface area contributed by atoms with Crippen LogP contribution in [0, 0.1) is 17.5 Å². The van der Waals surface area contributed by atoms with Crippen molar-refractivity contribution >= 4 is 23.4 Å². The predicted molar refractivity (Wildman–Crippen MR) is 92.7 cm³/mol. The summed E-state index contributed by atoms with van der Waals surface area (Å²) in [5.41, 5.74) is 5.32. The molecule has 4 rings (SSSR count).